The molecule has 7 nitrogen and oxygen atoms in total. The monoisotopic (exact) mass is 398 g/mol. The number of hydrogen-bond acceptors (Lipinski definition) is 5. The van der Waals surface area contributed by atoms with Crippen molar-refractivity contribution in [1.82, 2.24) is 31.3 Å². The van der Waals surface area contributed by atoms with Gasteiger partial charge in [-0.1, -0.05) is 30.3 Å². The van der Waals surface area contributed by atoms with E-state index >= 15 is 0 Å². The highest BCUT2D eigenvalue weighted by molar-refractivity contribution is 5.94. The molecule has 0 aliphatic carbocycles. The maximum Gasteiger partial charge on any atom is 0.251 e. The number of aromatic nitrogens is 4. The van der Waals surface area contributed by atoms with E-state index in [1.54, 1.807) is 0 Å². The van der Waals surface area contributed by atoms with Crippen molar-refractivity contribution < 1.29 is 4.79 Å². The zero-order valence-electron chi connectivity index (χ0n) is 15.4. The topological polar surface area (TPSA) is 95.6 Å². The number of amides is 1. The summed E-state index contributed by atoms with van der Waals surface area (Å²) in [6.45, 7) is 2.60. The lowest BCUT2D eigenvalue weighted by Gasteiger charge is -2.10. The Balaban J connectivity index is 0.00000225. The molecule has 0 spiro atoms. The van der Waals surface area contributed by atoms with E-state index in [4.69, 9.17) is 0 Å². The molecular formula is C20H23ClN6O. The minimum Gasteiger partial charge on any atom is -0.348 e. The van der Waals surface area contributed by atoms with Crippen molar-refractivity contribution >= 4 is 18.3 Å². The van der Waals surface area contributed by atoms with Crippen LogP contribution in [0.4, 0.5) is 0 Å². The van der Waals surface area contributed by atoms with Gasteiger partial charge >= 0.3 is 0 Å². The molecule has 2 heterocycles. The predicted octanol–water partition coefficient (Wildman–Crippen LogP) is 2.37. The van der Waals surface area contributed by atoms with Crippen molar-refractivity contribution in [2.45, 2.75) is 19.4 Å². The van der Waals surface area contributed by atoms with Gasteiger partial charge in [-0.2, -0.15) is 5.21 Å². The number of tetrazole rings is 1. The molecule has 146 valence electrons. The molecule has 1 saturated heterocycles. The van der Waals surface area contributed by atoms with Crippen LogP contribution < -0.4 is 10.6 Å². The lowest BCUT2D eigenvalue weighted by atomic mass is 9.97. The molecular weight excluding hydrogens is 376 g/mol. The van der Waals surface area contributed by atoms with Gasteiger partial charge in [0.2, 0.25) is 5.82 Å². The number of aromatic amines is 1. The summed E-state index contributed by atoms with van der Waals surface area (Å²) >= 11 is 0. The number of benzene rings is 2. The quantitative estimate of drug-likeness (QED) is 0.592. The molecule has 1 fully saturated rings. The molecule has 1 amide bonds. The van der Waals surface area contributed by atoms with Crippen LogP contribution in [-0.4, -0.2) is 39.6 Å². The fourth-order valence-corrected chi connectivity index (χ4v) is 3.45. The van der Waals surface area contributed by atoms with Crippen LogP contribution in [0.2, 0.25) is 0 Å². The zero-order valence-corrected chi connectivity index (χ0v) is 16.2. The van der Waals surface area contributed by atoms with Gasteiger partial charge in [-0.15, -0.1) is 22.6 Å². The van der Waals surface area contributed by atoms with Gasteiger partial charge in [0.05, 0.1) is 0 Å². The predicted molar refractivity (Wildman–Crippen MR) is 109 cm³/mol. The average molecular weight is 399 g/mol. The summed E-state index contributed by atoms with van der Waals surface area (Å²) in [6.07, 6.45) is 2.22. The largest absolute Gasteiger partial charge is 0.348 e. The first kappa shape index (κ1) is 20.0. The number of nitrogens with one attached hydrogen (secondary N) is 3. The van der Waals surface area contributed by atoms with Crippen LogP contribution in [0.15, 0.2) is 48.5 Å². The van der Waals surface area contributed by atoms with Gasteiger partial charge < -0.3 is 10.6 Å². The van der Waals surface area contributed by atoms with Crippen LogP contribution in [0, 0.1) is 5.92 Å². The van der Waals surface area contributed by atoms with Crippen LogP contribution in [-0.2, 0) is 13.0 Å². The first-order chi connectivity index (χ1) is 13.3. The molecule has 4 rings (SSSR count). The SMILES string of the molecule is Cl.O=C(NCc1cccc(-c2nn[nH]n2)c1)c1cccc(CC2CCNC2)c1. The van der Waals surface area contributed by atoms with Gasteiger partial charge in [-0.25, -0.2) is 0 Å². The van der Waals surface area contributed by atoms with Gasteiger partial charge in [-0.05, 0) is 66.4 Å². The highest BCUT2D eigenvalue weighted by Gasteiger charge is 2.15. The molecule has 3 aromatic rings. The Morgan fingerprint density at radius 3 is 2.79 bits per heavy atom. The van der Waals surface area contributed by atoms with Crippen LogP contribution in [0.1, 0.15) is 27.9 Å². The van der Waals surface area contributed by atoms with Crippen molar-refractivity contribution in [3.05, 3.63) is 65.2 Å². The molecule has 28 heavy (non-hydrogen) atoms. The Morgan fingerprint density at radius 2 is 2.00 bits per heavy atom. The Morgan fingerprint density at radius 1 is 1.14 bits per heavy atom. The van der Waals surface area contributed by atoms with Crippen LogP contribution in [0.3, 0.4) is 0 Å². The van der Waals surface area contributed by atoms with E-state index in [0.717, 1.165) is 30.6 Å². The number of hydrogen-bond donors (Lipinski definition) is 3. The van der Waals surface area contributed by atoms with E-state index < -0.39 is 0 Å². The van der Waals surface area contributed by atoms with Gasteiger partial charge in [0.25, 0.3) is 5.91 Å². The normalized spacial score (nSPS) is 15.8. The second-order valence-electron chi connectivity index (χ2n) is 6.88. The molecule has 1 aliphatic heterocycles. The first-order valence-corrected chi connectivity index (χ1v) is 9.18. The molecule has 0 bridgehead atoms. The third-order valence-electron chi connectivity index (χ3n) is 4.86. The van der Waals surface area contributed by atoms with Crippen molar-refractivity contribution in [2.24, 2.45) is 5.92 Å². The summed E-state index contributed by atoms with van der Waals surface area (Å²) in [6, 6.07) is 15.7. The number of halogens is 1. The minimum atomic E-state index is -0.0636. The number of carbonyl (C=O) groups is 1. The van der Waals surface area contributed by atoms with E-state index in [2.05, 4.69) is 37.3 Å². The second kappa shape index (κ2) is 9.43. The average Bonchev–Trinajstić information content (AvgIpc) is 3.41. The Hall–Kier alpha value is -2.77. The highest BCUT2D eigenvalue weighted by atomic mass is 35.5. The molecule has 0 saturated carbocycles. The van der Waals surface area contributed by atoms with Gasteiger partial charge in [0.15, 0.2) is 0 Å². The summed E-state index contributed by atoms with van der Waals surface area (Å²) in [4.78, 5) is 12.6. The summed E-state index contributed by atoms with van der Waals surface area (Å²) in [5.74, 6) is 1.14. The van der Waals surface area contributed by atoms with E-state index in [-0.39, 0.29) is 18.3 Å². The number of H-pyrrole nitrogens is 1. The molecule has 2 aromatic carbocycles. The maximum absolute atomic E-state index is 12.6. The van der Waals surface area contributed by atoms with Crippen molar-refractivity contribution in [3.8, 4) is 11.4 Å². The molecule has 8 heteroatoms. The second-order valence-corrected chi connectivity index (χ2v) is 6.88. The fourth-order valence-electron chi connectivity index (χ4n) is 3.45. The van der Waals surface area contributed by atoms with Gasteiger partial charge in [0, 0.05) is 17.7 Å². The Labute approximate surface area is 169 Å². The lowest BCUT2D eigenvalue weighted by Crippen LogP contribution is -2.23. The Bertz CT molecular complexity index is 909. The summed E-state index contributed by atoms with van der Waals surface area (Å²) < 4.78 is 0. The molecule has 1 atom stereocenters. The van der Waals surface area contributed by atoms with E-state index in [1.165, 1.54) is 12.0 Å². The zero-order chi connectivity index (χ0) is 18.5. The van der Waals surface area contributed by atoms with Crippen LogP contribution in [0.25, 0.3) is 11.4 Å². The van der Waals surface area contributed by atoms with Crippen molar-refractivity contribution in [3.63, 3.8) is 0 Å². The molecule has 1 unspecified atom stereocenters. The minimum absolute atomic E-state index is 0. The van der Waals surface area contributed by atoms with E-state index in [1.807, 2.05) is 42.5 Å². The van der Waals surface area contributed by atoms with Crippen LogP contribution in [0.5, 0.6) is 0 Å². The maximum atomic E-state index is 12.6. The Kier molecular flexibility index (Phi) is 6.73. The summed E-state index contributed by atoms with van der Waals surface area (Å²) in [7, 11) is 0. The van der Waals surface area contributed by atoms with E-state index in [9.17, 15) is 4.79 Å². The summed E-state index contributed by atoms with van der Waals surface area (Å²) in [5.41, 5.74) is 3.77. The van der Waals surface area contributed by atoms with Crippen LogP contribution >= 0.6 is 12.4 Å². The van der Waals surface area contributed by atoms with Gasteiger partial charge in [-0.3, -0.25) is 4.79 Å². The first-order valence-electron chi connectivity index (χ1n) is 9.18. The molecule has 1 aliphatic rings. The molecule has 1 aromatic heterocycles. The van der Waals surface area contributed by atoms with E-state index in [0.29, 0.717) is 23.9 Å². The summed E-state index contributed by atoms with van der Waals surface area (Å²) in [5, 5.41) is 20.4. The van der Waals surface area contributed by atoms with Gasteiger partial charge in [0.1, 0.15) is 0 Å². The van der Waals surface area contributed by atoms with Crippen molar-refractivity contribution in [1.29, 1.82) is 0 Å². The lowest BCUT2D eigenvalue weighted by molar-refractivity contribution is 0.0951. The third kappa shape index (κ3) is 4.94. The number of nitrogens with zero attached hydrogens (tertiary/aromatic N) is 3. The number of rotatable bonds is 6. The molecule has 0 radical (unpaired) electrons. The fraction of sp³-hybridized carbons (Fsp3) is 0.300. The smallest absolute Gasteiger partial charge is 0.251 e. The third-order valence-corrected chi connectivity index (χ3v) is 4.86. The van der Waals surface area contributed by atoms with Crippen molar-refractivity contribution in [2.75, 3.05) is 13.1 Å². The highest BCUT2D eigenvalue weighted by Crippen LogP contribution is 2.17. The number of carbonyl (C=O) groups excluding carboxylic acids is 1. The molecule has 3 N–H and O–H groups in total. The standard InChI is InChI=1S/C20H22N6O.ClH/c27-20(18-6-1-3-14(10-18)9-16-7-8-21-12-16)22-13-15-4-2-5-17(11-15)19-23-25-26-24-19;/h1-6,10-11,16,21H,7-9,12-13H2,(H,22,27)(H,23,24,25,26);1H.